The molecule has 0 radical (unpaired) electrons. The van der Waals surface area contributed by atoms with Gasteiger partial charge < -0.3 is 15.8 Å². The van der Waals surface area contributed by atoms with Crippen molar-refractivity contribution in [3.8, 4) is 5.75 Å². The molecule has 0 atom stereocenters. The van der Waals surface area contributed by atoms with E-state index in [2.05, 4.69) is 5.32 Å². The predicted octanol–water partition coefficient (Wildman–Crippen LogP) is 6.26. The van der Waals surface area contributed by atoms with Gasteiger partial charge in [0.15, 0.2) is 0 Å². The van der Waals surface area contributed by atoms with Gasteiger partial charge in [-0.3, -0.25) is 9.89 Å². The highest BCUT2D eigenvalue weighted by Gasteiger charge is 2.56. The minimum Gasteiger partial charge on any atom is -0.494 e. The van der Waals surface area contributed by atoms with Gasteiger partial charge in [0.05, 0.1) is 6.61 Å². The molecule has 47 heavy (non-hydrogen) atoms. The molecule has 0 aliphatic carbocycles. The van der Waals surface area contributed by atoms with E-state index in [-0.39, 0.29) is 25.4 Å². The third-order valence-corrected chi connectivity index (χ3v) is 9.97. The highest BCUT2D eigenvalue weighted by Crippen LogP contribution is 2.40. The molecule has 9 nitrogen and oxygen atoms in total. The van der Waals surface area contributed by atoms with Crippen LogP contribution in [0.2, 0.25) is 0 Å². The summed E-state index contributed by atoms with van der Waals surface area (Å²) < 4.78 is 97.1. The summed E-state index contributed by atoms with van der Waals surface area (Å²) in [6.45, 7) is 5.61. The maximum atomic E-state index is 13.3. The first kappa shape index (κ1) is 35.9. The van der Waals surface area contributed by atoms with E-state index in [1.165, 1.54) is 14.6 Å². The number of allylic oxidation sites excluding steroid dienone is 1. The van der Waals surface area contributed by atoms with E-state index in [1.54, 1.807) is 49.5 Å². The summed E-state index contributed by atoms with van der Waals surface area (Å²) in [4.78, 5) is 17.8. The van der Waals surface area contributed by atoms with Gasteiger partial charge in [0.2, 0.25) is 10.0 Å². The molecule has 0 unspecified atom stereocenters. The van der Waals surface area contributed by atoms with Crippen molar-refractivity contribution in [1.82, 2.24) is 9.62 Å². The molecular weight excluding hydrogens is 645 g/mol. The number of alkyl halides is 5. The Morgan fingerprint density at radius 1 is 1.13 bits per heavy atom. The molecule has 0 aromatic heterocycles. The lowest BCUT2D eigenvalue weighted by atomic mass is 9.86. The SMILES string of the molecule is CC=C1NC(c2cccc(OCCCC(F)(F)C(F)(F)F)c2)=NC12CCN(S(=O)(=O)/C=C/c1c(C)cc(N(C)C(N)=O)cc1C)CC2. The zero-order chi connectivity index (χ0) is 34.8. The van der Waals surface area contributed by atoms with E-state index in [4.69, 9.17) is 15.5 Å². The molecule has 15 heteroatoms. The van der Waals surface area contributed by atoms with Crippen LogP contribution in [0.4, 0.5) is 32.4 Å². The number of amidine groups is 1. The maximum Gasteiger partial charge on any atom is 0.453 e. The average molecular weight is 684 g/mol. The minimum atomic E-state index is -5.60. The van der Waals surface area contributed by atoms with Crippen LogP contribution in [0.25, 0.3) is 6.08 Å². The number of hydrogen-bond donors (Lipinski definition) is 2. The second-order valence-corrected chi connectivity index (χ2v) is 13.5. The second-order valence-electron chi connectivity index (χ2n) is 11.6. The lowest BCUT2D eigenvalue weighted by Crippen LogP contribution is -2.46. The zero-order valence-electron chi connectivity index (χ0n) is 26.5. The third-order valence-electron chi connectivity index (χ3n) is 8.41. The fourth-order valence-corrected chi connectivity index (χ4v) is 6.82. The van der Waals surface area contributed by atoms with Gasteiger partial charge in [-0.05, 0) is 87.1 Å². The number of anilines is 1. The highest BCUT2D eigenvalue weighted by atomic mass is 32.2. The number of benzene rings is 2. The van der Waals surface area contributed by atoms with Crippen molar-refractivity contribution in [2.75, 3.05) is 31.6 Å². The lowest BCUT2D eigenvalue weighted by Gasteiger charge is -2.36. The van der Waals surface area contributed by atoms with Crippen LogP contribution < -0.4 is 20.7 Å². The van der Waals surface area contributed by atoms with E-state index < -0.39 is 46.5 Å². The second kappa shape index (κ2) is 13.6. The number of nitrogens with one attached hydrogen (secondary N) is 1. The van der Waals surface area contributed by atoms with Crippen LogP contribution in [0.15, 0.2) is 58.6 Å². The molecule has 2 aromatic carbocycles. The molecule has 0 saturated carbocycles. The summed E-state index contributed by atoms with van der Waals surface area (Å²) in [7, 11) is -2.22. The first-order chi connectivity index (χ1) is 21.9. The van der Waals surface area contributed by atoms with Crippen LogP contribution in [0.3, 0.4) is 0 Å². The Hall–Kier alpha value is -3.98. The molecule has 2 amide bonds. The largest absolute Gasteiger partial charge is 0.494 e. The maximum absolute atomic E-state index is 13.3. The van der Waals surface area contributed by atoms with Crippen molar-refractivity contribution in [2.24, 2.45) is 10.7 Å². The molecule has 1 spiro atoms. The number of hydrogen-bond acceptors (Lipinski definition) is 6. The molecule has 1 saturated heterocycles. The topological polar surface area (TPSA) is 117 Å². The lowest BCUT2D eigenvalue weighted by molar-refractivity contribution is -0.284. The Morgan fingerprint density at radius 2 is 1.77 bits per heavy atom. The van der Waals surface area contributed by atoms with Crippen LogP contribution in [0.5, 0.6) is 5.75 Å². The number of primary amides is 1. The standard InChI is InChI=1S/C32H38F5N5O4S/c1-5-27-30(40-28(39-27)23-8-6-9-25(20-23)46-16-7-11-31(33,34)32(35,36)37)12-14-42(15-13-30)47(44,45)17-10-26-21(2)18-24(19-22(26)3)41(4)29(38)43/h5-6,8-10,17-20H,7,11-16H2,1-4H3,(H2,38,43)(H,39,40)/b17-10+,27-5?. The predicted molar refractivity (Wildman–Crippen MR) is 171 cm³/mol. The van der Waals surface area contributed by atoms with Crippen molar-refractivity contribution in [1.29, 1.82) is 0 Å². The third kappa shape index (κ3) is 7.95. The first-order valence-electron chi connectivity index (χ1n) is 14.9. The van der Waals surface area contributed by atoms with Gasteiger partial charge in [-0.2, -0.15) is 26.3 Å². The van der Waals surface area contributed by atoms with E-state index in [9.17, 15) is 35.2 Å². The van der Waals surface area contributed by atoms with Crippen molar-refractivity contribution >= 4 is 33.7 Å². The fraction of sp³-hybridized carbons (Fsp3) is 0.438. The van der Waals surface area contributed by atoms with Crippen LogP contribution in [0, 0.1) is 13.8 Å². The molecule has 2 aliphatic heterocycles. The van der Waals surface area contributed by atoms with Crippen LogP contribution in [-0.4, -0.2) is 69.0 Å². The van der Waals surface area contributed by atoms with Crippen molar-refractivity contribution in [3.05, 3.63) is 75.8 Å². The minimum absolute atomic E-state index is 0.217. The number of piperidine rings is 1. The molecule has 2 aliphatic rings. The van der Waals surface area contributed by atoms with E-state index in [1.807, 2.05) is 26.8 Å². The van der Waals surface area contributed by atoms with Crippen molar-refractivity contribution in [2.45, 2.75) is 64.1 Å². The number of urea groups is 1. The highest BCUT2D eigenvalue weighted by molar-refractivity contribution is 7.92. The first-order valence-corrected chi connectivity index (χ1v) is 16.4. The molecule has 4 rings (SSSR count). The Balaban J connectivity index is 1.42. The van der Waals surface area contributed by atoms with Gasteiger partial charge in [0.25, 0.3) is 0 Å². The Labute approximate surface area is 271 Å². The molecule has 256 valence electrons. The number of nitrogens with zero attached hydrogens (tertiary/aromatic N) is 3. The molecule has 3 N–H and O–H groups in total. The van der Waals surface area contributed by atoms with Crippen molar-refractivity contribution in [3.63, 3.8) is 0 Å². The molecule has 2 aromatic rings. The van der Waals surface area contributed by atoms with Gasteiger partial charge >= 0.3 is 18.1 Å². The number of sulfonamides is 1. The number of carbonyl (C=O) groups excluding carboxylic acids is 1. The van der Waals surface area contributed by atoms with E-state index in [0.29, 0.717) is 29.9 Å². The smallest absolute Gasteiger partial charge is 0.453 e. The molecule has 0 bridgehead atoms. The zero-order valence-corrected chi connectivity index (χ0v) is 27.3. The van der Waals surface area contributed by atoms with E-state index >= 15 is 0 Å². The number of ether oxygens (including phenoxy) is 1. The van der Waals surface area contributed by atoms with Gasteiger partial charge in [-0.1, -0.05) is 18.2 Å². The normalized spacial score (nSPS) is 18.1. The van der Waals surface area contributed by atoms with Gasteiger partial charge in [0.1, 0.15) is 17.1 Å². The average Bonchev–Trinajstić information content (AvgIpc) is 3.35. The Bertz CT molecular complexity index is 1670. The van der Waals surface area contributed by atoms with Gasteiger partial charge in [-0.15, -0.1) is 0 Å². The summed E-state index contributed by atoms with van der Waals surface area (Å²) in [6.07, 6.45) is -3.21. The number of carbonyl (C=O) groups is 1. The number of rotatable bonds is 10. The van der Waals surface area contributed by atoms with Crippen LogP contribution in [0.1, 0.15) is 54.9 Å². The van der Waals surface area contributed by atoms with Gasteiger partial charge in [-0.25, -0.2) is 13.2 Å². The Kier molecular flexibility index (Phi) is 10.4. The monoisotopic (exact) mass is 683 g/mol. The number of halogens is 5. The number of amides is 2. The summed E-state index contributed by atoms with van der Waals surface area (Å²) in [5.74, 6) is -3.98. The van der Waals surface area contributed by atoms with Crippen LogP contribution in [-0.2, 0) is 10.0 Å². The summed E-state index contributed by atoms with van der Waals surface area (Å²) >= 11 is 0. The number of aryl methyl sites for hydroxylation is 2. The number of aliphatic imine (C=N–C) groups is 1. The number of nitrogens with two attached hydrogens (primary N) is 1. The summed E-state index contributed by atoms with van der Waals surface area (Å²) in [5.41, 5.74) is 9.01. The molecule has 2 heterocycles. The Morgan fingerprint density at radius 3 is 2.34 bits per heavy atom. The molecule has 1 fully saturated rings. The van der Waals surface area contributed by atoms with Crippen LogP contribution >= 0.6 is 0 Å². The van der Waals surface area contributed by atoms with Crippen molar-refractivity contribution < 1.29 is 39.9 Å². The summed E-state index contributed by atoms with van der Waals surface area (Å²) in [5, 5.41) is 4.48. The van der Waals surface area contributed by atoms with E-state index in [0.717, 1.165) is 22.4 Å². The summed E-state index contributed by atoms with van der Waals surface area (Å²) in [6, 6.07) is 9.52. The quantitative estimate of drug-likeness (QED) is 0.227. The fourth-order valence-electron chi connectivity index (χ4n) is 5.65. The van der Waals surface area contributed by atoms with Gasteiger partial charge in [0, 0.05) is 48.9 Å². The molecular formula is C32H38F5N5O4S.